The molecule has 5 heteroatoms. The summed E-state index contributed by atoms with van der Waals surface area (Å²) in [6.45, 7) is 4.64. The lowest BCUT2D eigenvalue weighted by Crippen LogP contribution is -2.05. The highest BCUT2D eigenvalue weighted by molar-refractivity contribution is 7.80. The molecule has 0 radical (unpaired) electrons. The minimum absolute atomic E-state index is 0.0302. The molecule has 0 bridgehead atoms. The summed E-state index contributed by atoms with van der Waals surface area (Å²) < 4.78 is 34.8. The molecule has 0 saturated carbocycles. The van der Waals surface area contributed by atoms with E-state index in [1.54, 1.807) is 0 Å². The molecule has 0 rings (SSSR count). The molecule has 0 aliphatic heterocycles. The molecule has 0 aliphatic carbocycles. The van der Waals surface area contributed by atoms with Crippen molar-refractivity contribution in [1.29, 1.82) is 0 Å². The van der Waals surface area contributed by atoms with Gasteiger partial charge in [0.2, 0.25) is 10.4 Å². The zero-order valence-corrected chi connectivity index (χ0v) is 15.3. The van der Waals surface area contributed by atoms with Crippen molar-refractivity contribution in [3.05, 3.63) is 0 Å². The first-order chi connectivity index (χ1) is 10.5. The maximum atomic E-state index is 10.2. The van der Waals surface area contributed by atoms with Crippen molar-refractivity contribution in [2.75, 3.05) is 6.61 Å². The fourth-order valence-electron chi connectivity index (χ4n) is 2.55. The molecule has 1 atom stereocenters. The van der Waals surface area contributed by atoms with Crippen LogP contribution in [0, 0.1) is 5.92 Å². The van der Waals surface area contributed by atoms with Gasteiger partial charge in [-0.2, -0.15) is 0 Å². The molecule has 1 unspecified atom stereocenters. The van der Waals surface area contributed by atoms with Crippen LogP contribution in [0.5, 0.6) is 0 Å². The van der Waals surface area contributed by atoms with E-state index in [9.17, 15) is 13.0 Å². The van der Waals surface area contributed by atoms with Crippen molar-refractivity contribution >= 4 is 10.4 Å². The predicted molar refractivity (Wildman–Crippen MR) is 90.5 cm³/mol. The highest BCUT2D eigenvalue weighted by Crippen LogP contribution is 2.15. The van der Waals surface area contributed by atoms with Crippen LogP contribution in [0.25, 0.3) is 0 Å². The van der Waals surface area contributed by atoms with Crippen molar-refractivity contribution in [3.63, 3.8) is 0 Å². The SMILES string of the molecule is CCC(C)CCCCCCCCCCCCCOS(=O)(=O)[O-]. The monoisotopic (exact) mass is 335 g/mol. The third-order valence-electron chi connectivity index (χ3n) is 4.27. The predicted octanol–water partition coefficient (Wildman–Crippen LogP) is 5.19. The van der Waals surface area contributed by atoms with Gasteiger partial charge in [-0.3, -0.25) is 4.18 Å². The van der Waals surface area contributed by atoms with Gasteiger partial charge in [-0.05, 0) is 12.3 Å². The summed E-state index contributed by atoms with van der Waals surface area (Å²) >= 11 is 0. The van der Waals surface area contributed by atoms with Crippen LogP contribution in [-0.2, 0) is 14.6 Å². The van der Waals surface area contributed by atoms with E-state index in [0.717, 1.165) is 18.8 Å². The normalized spacial score (nSPS) is 13.4. The first-order valence-corrected chi connectivity index (χ1v) is 10.4. The van der Waals surface area contributed by atoms with Gasteiger partial charge >= 0.3 is 0 Å². The molecule has 0 aromatic heterocycles. The Morgan fingerprint density at radius 3 is 1.64 bits per heavy atom. The van der Waals surface area contributed by atoms with Crippen LogP contribution in [0.2, 0.25) is 0 Å². The van der Waals surface area contributed by atoms with Crippen LogP contribution in [0.3, 0.4) is 0 Å². The van der Waals surface area contributed by atoms with Crippen LogP contribution in [0.15, 0.2) is 0 Å². The molecule has 4 nitrogen and oxygen atoms in total. The van der Waals surface area contributed by atoms with E-state index in [1.807, 2.05) is 0 Å². The molecule has 22 heavy (non-hydrogen) atoms. The van der Waals surface area contributed by atoms with Crippen LogP contribution in [0.4, 0.5) is 0 Å². The van der Waals surface area contributed by atoms with Gasteiger partial charge in [0.25, 0.3) is 0 Å². The molecule has 0 aromatic rings. The van der Waals surface area contributed by atoms with Crippen LogP contribution < -0.4 is 0 Å². The Morgan fingerprint density at radius 2 is 1.23 bits per heavy atom. The Hall–Kier alpha value is -0.130. The zero-order valence-electron chi connectivity index (χ0n) is 14.5. The molecule has 134 valence electrons. The second kappa shape index (κ2) is 14.5. The van der Waals surface area contributed by atoms with E-state index < -0.39 is 10.4 Å². The van der Waals surface area contributed by atoms with Gasteiger partial charge in [0.15, 0.2) is 0 Å². The third kappa shape index (κ3) is 17.9. The smallest absolute Gasteiger partial charge is 0.217 e. The molecule has 0 fully saturated rings. The topological polar surface area (TPSA) is 66.4 Å². The maximum absolute atomic E-state index is 10.2. The van der Waals surface area contributed by atoms with Crippen molar-refractivity contribution in [2.24, 2.45) is 5.92 Å². The largest absolute Gasteiger partial charge is 0.726 e. The second-order valence-electron chi connectivity index (χ2n) is 6.42. The van der Waals surface area contributed by atoms with Gasteiger partial charge in [0.1, 0.15) is 0 Å². The Kier molecular flexibility index (Phi) is 14.4. The molecular weight excluding hydrogens is 300 g/mol. The number of hydrogen-bond acceptors (Lipinski definition) is 4. The Morgan fingerprint density at radius 1 is 0.818 bits per heavy atom. The van der Waals surface area contributed by atoms with Crippen molar-refractivity contribution in [1.82, 2.24) is 0 Å². The summed E-state index contributed by atoms with van der Waals surface area (Å²) in [7, 11) is -4.50. The van der Waals surface area contributed by atoms with E-state index in [1.165, 1.54) is 64.2 Å². The lowest BCUT2D eigenvalue weighted by molar-refractivity contribution is 0.255. The van der Waals surface area contributed by atoms with E-state index in [2.05, 4.69) is 18.0 Å². The van der Waals surface area contributed by atoms with Gasteiger partial charge in [0, 0.05) is 0 Å². The minimum atomic E-state index is -4.50. The van der Waals surface area contributed by atoms with Crippen LogP contribution >= 0.6 is 0 Å². The summed E-state index contributed by atoms with van der Waals surface area (Å²) in [5.74, 6) is 0.888. The lowest BCUT2D eigenvalue weighted by Gasteiger charge is -2.07. The molecule has 0 aromatic carbocycles. The standard InChI is InChI=1S/C17H36O4S/c1-3-17(2)15-13-11-9-7-5-4-6-8-10-12-14-16-21-22(18,19)20/h17H,3-16H2,1-2H3,(H,18,19,20)/p-1. The summed E-state index contributed by atoms with van der Waals surface area (Å²) in [5, 5.41) is 0. The fourth-order valence-corrected chi connectivity index (χ4v) is 2.87. The lowest BCUT2D eigenvalue weighted by atomic mass is 9.99. The Balaban J connectivity index is 3.09. The molecule has 0 aliphatic rings. The zero-order chi connectivity index (χ0) is 16.7. The minimum Gasteiger partial charge on any atom is -0.726 e. The highest BCUT2D eigenvalue weighted by atomic mass is 32.3. The molecule has 0 amide bonds. The van der Waals surface area contributed by atoms with E-state index in [4.69, 9.17) is 0 Å². The molecule has 0 spiro atoms. The van der Waals surface area contributed by atoms with Crippen LogP contribution in [0.1, 0.15) is 97.3 Å². The molecule has 0 saturated heterocycles. The average Bonchev–Trinajstić information content (AvgIpc) is 2.46. The third-order valence-corrected chi connectivity index (χ3v) is 4.72. The van der Waals surface area contributed by atoms with E-state index >= 15 is 0 Å². The number of hydrogen-bond donors (Lipinski definition) is 0. The second-order valence-corrected chi connectivity index (χ2v) is 7.47. The van der Waals surface area contributed by atoms with Gasteiger partial charge in [-0.15, -0.1) is 0 Å². The molecular formula is C17H35O4S-. The maximum Gasteiger partial charge on any atom is 0.217 e. The van der Waals surface area contributed by atoms with Crippen molar-refractivity contribution in [3.8, 4) is 0 Å². The van der Waals surface area contributed by atoms with Gasteiger partial charge < -0.3 is 4.55 Å². The first kappa shape index (κ1) is 21.9. The Bertz CT molecular complexity index is 328. The van der Waals surface area contributed by atoms with Gasteiger partial charge in [0.05, 0.1) is 6.61 Å². The van der Waals surface area contributed by atoms with Gasteiger partial charge in [-0.25, -0.2) is 8.42 Å². The average molecular weight is 336 g/mol. The molecule has 0 heterocycles. The van der Waals surface area contributed by atoms with Gasteiger partial charge in [-0.1, -0.05) is 90.9 Å². The van der Waals surface area contributed by atoms with E-state index in [-0.39, 0.29) is 6.61 Å². The fraction of sp³-hybridized carbons (Fsp3) is 1.00. The summed E-state index contributed by atoms with van der Waals surface area (Å²) in [4.78, 5) is 0. The Labute approximate surface area is 138 Å². The highest BCUT2D eigenvalue weighted by Gasteiger charge is 1.98. The summed E-state index contributed by atoms with van der Waals surface area (Å²) in [6, 6.07) is 0. The van der Waals surface area contributed by atoms with E-state index in [0.29, 0.717) is 6.42 Å². The van der Waals surface area contributed by atoms with Crippen LogP contribution in [-0.4, -0.2) is 19.6 Å². The number of unbranched alkanes of at least 4 members (excludes halogenated alkanes) is 10. The van der Waals surface area contributed by atoms with Crippen molar-refractivity contribution in [2.45, 2.75) is 97.3 Å². The number of rotatable bonds is 16. The summed E-state index contributed by atoms with van der Waals surface area (Å²) in [5.41, 5.74) is 0. The first-order valence-electron chi connectivity index (χ1n) is 9.06. The quantitative estimate of drug-likeness (QED) is 0.221. The van der Waals surface area contributed by atoms with Crippen molar-refractivity contribution < 1.29 is 17.2 Å². The molecule has 0 N–H and O–H groups in total. The summed E-state index contributed by atoms with van der Waals surface area (Å²) in [6.07, 6.45) is 16.0.